The van der Waals surface area contributed by atoms with Crippen LogP contribution in [0.2, 0.25) is 0 Å². The molecule has 17 heavy (non-hydrogen) atoms. The molecule has 2 rings (SSSR count). The van der Waals surface area contributed by atoms with E-state index in [0.29, 0.717) is 11.1 Å². The molecule has 0 amide bonds. The highest BCUT2D eigenvalue weighted by Gasteiger charge is 2.19. The zero-order valence-corrected chi connectivity index (χ0v) is 10.8. The molecule has 4 nitrogen and oxygen atoms in total. The summed E-state index contributed by atoms with van der Waals surface area (Å²) in [7, 11) is 1.32. The Hall–Kier alpha value is -1.46. The van der Waals surface area contributed by atoms with Gasteiger partial charge in [-0.15, -0.1) is 0 Å². The second kappa shape index (κ2) is 4.81. The molecule has 2 aromatic rings. The minimum absolute atomic E-state index is 0.473. The second-order valence-electron chi connectivity index (χ2n) is 3.54. The van der Waals surface area contributed by atoms with Crippen LogP contribution in [0.15, 0.2) is 34.9 Å². The molecule has 5 heteroatoms. The van der Waals surface area contributed by atoms with Crippen molar-refractivity contribution in [1.82, 2.24) is 4.98 Å². The van der Waals surface area contributed by atoms with Crippen LogP contribution in [0.3, 0.4) is 0 Å². The van der Waals surface area contributed by atoms with Crippen molar-refractivity contribution in [3.8, 4) is 0 Å². The van der Waals surface area contributed by atoms with Crippen molar-refractivity contribution in [2.24, 2.45) is 5.73 Å². The number of hydrogen-bond acceptors (Lipinski definition) is 4. The fourth-order valence-corrected chi connectivity index (χ4v) is 2.12. The van der Waals surface area contributed by atoms with Crippen LogP contribution in [0.5, 0.6) is 0 Å². The lowest BCUT2D eigenvalue weighted by Crippen LogP contribution is -2.23. The van der Waals surface area contributed by atoms with Gasteiger partial charge in [0.05, 0.1) is 12.6 Å². The van der Waals surface area contributed by atoms with Crippen LogP contribution < -0.4 is 5.73 Å². The molecule has 0 saturated heterocycles. The van der Waals surface area contributed by atoms with E-state index in [0.717, 1.165) is 9.86 Å². The van der Waals surface area contributed by atoms with Crippen LogP contribution in [0.4, 0.5) is 0 Å². The lowest BCUT2D eigenvalue weighted by molar-refractivity contribution is -0.142. The molecule has 1 aromatic heterocycles. The number of hydrogen-bond donors (Lipinski definition) is 1. The smallest absolute Gasteiger partial charge is 0.327 e. The van der Waals surface area contributed by atoms with Crippen molar-refractivity contribution in [3.63, 3.8) is 0 Å². The van der Waals surface area contributed by atoms with Gasteiger partial charge >= 0.3 is 5.97 Å². The molecule has 0 bridgehead atoms. The Morgan fingerprint density at radius 2 is 2.24 bits per heavy atom. The third-order valence-electron chi connectivity index (χ3n) is 2.54. The molecule has 0 fully saturated rings. The number of nitrogens with zero attached hydrogens (tertiary/aromatic N) is 1. The van der Waals surface area contributed by atoms with Gasteiger partial charge in [0.25, 0.3) is 0 Å². The van der Waals surface area contributed by atoms with E-state index in [1.807, 2.05) is 18.2 Å². The minimum Gasteiger partial charge on any atom is -0.468 e. The molecule has 0 aliphatic rings. The number of halogens is 1. The highest BCUT2D eigenvalue weighted by molar-refractivity contribution is 9.10. The van der Waals surface area contributed by atoms with Gasteiger partial charge in [-0.3, -0.25) is 9.78 Å². The van der Waals surface area contributed by atoms with Crippen LogP contribution in [0, 0.1) is 0 Å². The van der Waals surface area contributed by atoms with Gasteiger partial charge < -0.3 is 10.5 Å². The topological polar surface area (TPSA) is 65.2 Å². The number of fused-ring (bicyclic) bond motifs is 1. The lowest BCUT2D eigenvalue weighted by Gasteiger charge is -2.12. The first-order valence-corrected chi connectivity index (χ1v) is 5.81. The number of ether oxygens (including phenoxy) is 1. The van der Waals surface area contributed by atoms with E-state index >= 15 is 0 Å². The van der Waals surface area contributed by atoms with Crippen molar-refractivity contribution < 1.29 is 9.53 Å². The summed E-state index contributed by atoms with van der Waals surface area (Å²) in [5.74, 6) is -0.473. The largest absolute Gasteiger partial charge is 0.468 e. The molecule has 88 valence electrons. The van der Waals surface area contributed by atoms with Gasteiger partial charge in [0.2, 0.25) is 0 Å². The summed E-state index contributed by atoms with van der Waals surface area (Å²) in [5, 5.41) is 0.921. The van der Waals surface area contributed by atoms with E-state index in [1.165, 1.54) is 7.11 Å². The summed E-state index contributed by atoms with van der Waals surface area (Å²) >= 11 is 3.44. The standard InChI is InChI=1S/C12H11BrN2O2/c1-17-12(16)10(14)8-4-5-9(13)7-3-2-6-15-11(7)8/h2-6,10H,14H2,1H3. The normalized spacial score (nSPS) is 12.4. The molecule has 1 heterocycles. The van der Waals surface area contributed by atoms with Gasteiger partial charge in [-0.25, -0.2) is 0 Å². The number of carbonyl (C=O) groups excluding carboxylic acids is 1. The number of methoxy groups -OCH3 is 1. The quantitative estimate of drug-likeness (QED) is 0.862. The van der Waals surface area contributed by atoms with E-state index in [-0.39, 0.29) is 0 Å². The van der Waals surface area contributed by atoms with E-state index in [4.69, 9.17) is 5.73 Å². The average Bonchev–Trinajstić information content (AvgIpc) is 2.38. The molecule has 1 unspecified atom stereocenters. The lowest BCUT2D eigenvalue weighted by atomic mass is 10.0. The number of esters is 1. The highest BCUT2D eigenvalue weighted by Crippen LogP contribution is 2.28. The van der Waals surface area contributed by atoms with Crippen molar-refractivity contribution in [1.29, 1.82) is 0 Å². The number of carbonyl (C=O) groups is 1. The van der Waals surface area contributed by atoms with Gasteiger partial charge in [0, 0.05) is 21.6 Å². The van der Waals surface area contributed by atoms with E-state index in [9.17, 15) is 4.79 Å². The van der Waals surface area contributed by atoms with Crippen molar-refractivity contribution in [3.05, 3.63) is 40.5 Å². The Balaban J connectivity index is 2.63. The molecular formula is C12H11BrN2O2. The Bertz CT molecular complexity index is 571. The predicted molar refractivity (Wildman–Crippen MR) is 68.4 cm³/mol. The first kappa shape index (κ1) is 12.0. The Morgan fingerprint density at radius 3 is 2.94 bits per heavy atom. The first-order chi connectivity index (χ1) is 8.15. The van der Waals surface area contributed by atoms with Crippen LogP contribution in [0.25, 0.3) is 10.9 Å². The fraction of sp³-hybridized carbons (Fsp3) is 0.167. The summed E-state index contributed by atoms with van der Waals surface area (Å²) in [4.78, 5) is 15.7. The number of benzene rings is 1. The molecule has 0 spiro atoms. The van der Waals surface area contributed by atoms with E-state index in [2.05, 4.69) is 25.7 Å². The molecule has 0 saturated carbocycles. The molecule has 0 aliphatic heterocycles. The summed E-state index contributed by atoms with van der Waals surface area (Å²) in [6.45, 7) is 0. The third kappa shape index (κ3) is 2.16. The average molecular weight is 295 g/mol. The Labute approximate surface area is 107 Å². The zero-order chi connectivity index (χ0) is 12.4. The molecule has 1 aromatic carbocycles. The van der Waals surface area contributed by atoms with Crippen LogP contribution >= 0.6 is 15.9 Å². The third-order valence-corrected chi connectivity index (χ3v) is 3.23. The summed E-state index contributed by atoms with van der Waals surface area (Å²) < 4.78 is 5.56. The van der Waals surface area contributed by atoms with E-state index in [1.54, 1.807) is 12.3 Å². The van der Waals surface area contributed by atoms with Crippen molar-refractivity contribution >= 4 is 32.8 Å². The number of rotatable bonds is 2. The monoisotopic (exact) mass is 294 g/mol. The summed E-state index contributed by atoms with van der Waals surface area (Å²) in [6, 6.07) is 6.56. The summed E-state index contributed by atoms with van der Waals surface area (Å²) in [5.41, 5.74) is 7.21. The van der Waals surface area contributed by atoms with Gasteiger partial charge in [0.1, 0.15) is 6.04 Å². The van der Waals surface area contributed by atoms with Crippen molar-refractivity contribution in [2.75, 3.05) is 7.11 Å². The molecule has 0 aliphatic carbocycles. The zero-order valence-electron chi connectivity index (χ0n) is 9.18. The number of pyridine rings is 1. The van der Waals surface area contributed by atoms with Gasteiger partial charge in [-0.1, -0.05) is 28.1 Å². The van der Waals surface area contributed by atoms with Gasteiger partial charge in [-0.2, -0.15) is 0 Å². The Kier molecular flexibility index (Phi) is 3.40. The molecule has 2 N–H and O–H groups in total. The molecule has 1 atom stereocenters. The van der Waals surface area contributed by atoms with Crippen molar-refractivity contribution in [2.45, 2.75) is 6.04 Å². The maximum atomic E-state index is 11.5. The van der Waals surface area contributed by atoms with Crippen LogP contribution in [-0.2, 0) is 9.53 Å². The minimum atomic E-state index is -0.814. The highest BCUT2D eigenvalue weighted by atomic mass is 79.9. The number of nitrogens with two attached hydrogens (primary N) is 1. The van der Waals surface area contributed by atoms with Gasteiger partial charge in [-0.05, 0) is 12.1 Å². The van der Waals surface area contributed by atoms with Gasteiger partial charge in [0.15, 0.2) is 0 Å². The fourth-order valence-electron chi connectivity index (χ4n) is 1.66. The Morgan fingerprint density at radius 1 is 1.47 bits per heavy atom. The van der Waals surface area contributed by atoms with E-state index < -0.39 is 12.0 Å². The maximum absolute atomic E-state index is 11.5. The molecule has 0 radical (unpaired) electrons. The number of aromatic nitrogens is 1. The predicted octanol–water partition coefficient (Wildman–Crippen LogP) is 2.17. The van der Waals surface area contributed by atoms with Crippen LogP contribution in [0.1, 0.15) is 11.6 Å². The first-order valence-electron chi connectivity index (χ1n) is 5.01. The van der Waals surface area contributed by atoms with Crippen LogP contribution in [-0.4, -0.2) is 18.1 Å². The SMILES string of the molecule is COC(=O)C(N)c1ccc(Br)c2cccnc12. The second-order valence-corrected chi connectivity index (χ2v) is 4.39. The molecular weight excluding hydrogens is 284 g/mol. The summed E-state index contributed by atoms with van der Waals surface area (Å²) in [6.07, 6.45) is 1.67. The maximum Gasteiger partial charge on any atom is 0.327 e.